The van der Waals surface area contributed by atoms with Crippen LogP contribution in [0.4, 0.5) is 13.2 Å². The van der Waals surface area contributed by atoms with Crippen LogP contribution in [0.2, 0.25) is 0 Å². The van der Waals surface area contributed by atoms with Gasteiger partial charge in [0, 0.05) is 16.5 Å². The summed E-state index contributed by atoms with van der Waals surface area (Å²) in [5, 5.41) is 0. The minimum absolute atomic E-state index is 0.233. The van der Waals surface area contributed by atoms with E-state index in [9.17, 15) is 22.8 Å². The fourth-order valence-corrected chi connectivity index (χ4v) is 5.96. The van der Waals surface area contributed by atoms with Crippen LogP contribution in [-0.2, 0) is 15.7 Å². The van der Waals surface area contributed by atoms with Gasteiger partial charge >= 0.3 is 12.1 Å². The quantitative estimate of drug-likeness (QED) is 0.196. The minimum atomic E-state index is -4.48. The number of thiazole rings is 1. The lowest BCUT2D eigenvalue weighted by Gasteiger charge is -2.25. The number of fused-ring (bicyclic) bond motifs is 1. The Hall–Kier alpha value is -3.83. The molecule has 1 aliphatic heterocycles. The molecule has 1 aliphatic rings. The molecule has 0 amide bonds. The standard InChI is InChI=1S/C30H25F3N2O4S2/c1-16(2)38-28(37)25-17(3)34-29-35(26(25)18-8-11-22(40-4)12-9-18)27(36)24(41-29)15-21-10-13-23(39-21)19-6-5-7-20(14-19)30(31,32)33/h5-16,26H,1-4H3/b24-15-/t26-/m0/s1. The zero-order chi connectivity index (χ0) is 29.5. The average molecular weight is 599 g/mol. The van der Waals surface area contributed by atoms with Crippen LogP contribution >= 0.6 is 23.1 Å². The summed E-state index contributed by atoms with van der Waals surface area (Å²) in [6.45, 7) is 5.22. The third kappa shape index (κ3) is 5.82. The van der Waals surface area contributed by atoms with Gasteiger partial charge in [-0.05, 0) is 69.0 Å². The third-order valence-electron chi connectivity index (χ3n) is 6.39. The summed E-state index contributed by atoms with van der Waals surface area (Å²) in [7, 11) is 0. The number of hydrogen-bond acceptors (Lipinski definition) is 7. The predicted octanol–water partition coefficient (Wildman–Crippen LogP) is 6.19. The van der Waals surface area contributed by atoms with Gasteiger partial charge in [0.1, 0.15) is 11.5 Å². The maximum atomic E-state index is 13.8. The molecule has 212 valence electrons. The lowest BCUT2D eigenvalue weighted by atomic mass is 9.96. The van der Waals surface area contributed by atoms with Crippen molar-refractivity contribution in [3.8, 4) is 11.3 Å². The number of aromatic nitrogens is 1. The largest absolute Gasteiger partial charge is 0.459 e. The first-order chi connectivity index (χ1) is 19.5. The van der Waals surface area contributed by atoms with Crippen LogP contribution in [0.15, 0.2) is 91.0 Å². The molecule has 0 N–H and O–H groups in total. The molecule has 5 rings (SSSR count). The third-order valence-corrected chi connectivity index (χ3v) is 8.12. The molecular formula is C30H25F3N2O4S2. The normalized spacial score (nSPS) is 15.7. The number of thioether (sulfide) groups is 1. The highest BCUT2D eigenvalue weighted by Gasteiger charge is 2.34. The van der Waals surface area contributed by atoms with E-state index in [1.54, 1.807) is 44.7 Å². The molecule has 0 saturated carbocycles. The van der Waals surface area contributed by atoms with Crippen LogP contribution in [0.25, 0.3) is 17.4 Å². The van der Waals surface area contributed by atoms with Crippen molar-refractivity contribution in [2.75, 3.05) is 6.26 Å². The molecule has 0 unspecified atom stereocenters. The van der Waals surface area contributed by atoms with Crippen LogP contribution in [0, 0.1) is 0 Å². The number of nitrogens with zero attached hydrogens (tertiary/aromatic N) is 2. The number of carbonyl (C=O) groups is 1. The molecule has 41 heavy (non-hydrogen) atoms. The van der Waals surface area contributed by atoms with E-state index < -0.39 is 23.8 Å². The second kappa shape index (κ2) is 11.2. The molecule has 0 bridgehead atoms. The smallest absolute Gasteiger partial charge is 0.416 e. The van der Waals surface area contributed by atoms with Crippen molar-refractivity contribution in [3.05, 3.63) is 109 Å². The van der Waals surface area contributed by atoms with Crippen LogP contribution in [0.1, 0.15) is 43.7 Å². The second-order valence-corrected chi connectivity index (χ2v) is 11.5. The Kier molecular flexibility index (Phi) is 7.85. The summed E-state index contributed by atoms with van der Waals surface area (Å²) in [6.07, 6.45) is -1.36. The van der Waals surface area contributed by atoms with Gasteiger partial charge in [0.15, 0.2) is 4.80 Å². The molecule has 2 aromatic heterocycles. The topological polar surface area (TPSA) is 73.8 Å². The SMILES string of the molecule is CSc1ccc([C@H]2C(C(=O)OC(C)C)=C(C)N=c3s/c(=C\c4ccc(-c5cccc(C(F)(F)F)c5)o4)c(=O)n32)cc1. The number of furan rings is 1. The monoisotopic (exact) mass is 598 g/mol. The number of carbonyl (C=O) groups excluding carboxylic acids is 1. The predicted molar refractivity (Wildman–Crippen MR) is 152 cm³/mol. The van der Waals surface area contributed by atoms with Gasteiger partial charge < -0.3 is 9.15 Å². The molecule has 11 heteroatoms. The van der Waals surface area contributed by atoms with Crippen molar-refractivity contribution in [2.45, 2.75) is 44.0 Å². The number of rotatable bonds is 6. The van der Waals surface area contributed by atoms with E-state index in [4.69, 9.17) is 9.15 Å². The molecule has 4 aromatic rings. The molecule has 6 nitrogen and oxygen atoms in total. The van der Waals surface area contributed by atoms with Crippen molar-refractivity contribution < 1.29 is 27.1 Å². The summed E-state index contributed by atoms with van der Waals surface area (Å²) in [5.41, 5.74) is 0.552. The number of benzene rings is 2. The zero-order valence-electron chi connectivity index (χ0n) is 22.5. The summed E-state index contributed by atoms with van der Waals surface area (Å²) >= 11 is 2.71. The summed E-state index contributed by atoms with van der Waals surface area (Å²) in [4.78, 5) is 33.0. The van der Waals surface area contributed by atoms with Gasteiger partial charge in [0.2, 0.25) is 0 Å². The number of hydrogen-bond donors (Lipinski definition) is 0. The molecule has 3 heterocycles. The molecular weight excluding hydrogens is 573 g/mol. The Labute approximate surface area is 241 Å². The van der Waals surface area contributed by atoms with E-state index in [0.717, 1.165) is 33.9 Å². The van der Waals surface area contributed by atoms with Crippen LogP contribution in [0.5, 0.6) is 0 Å². The van der Waals surface area contributed by atoms with Crippen molar-refractivity contribution in [2.24, 2.45) is 4.99 Å². The number of allylic oxidation sites excluding steroid dienone is 1. The first-order valence-electron chi connectivity index (χ1n) is 12.6. The highest BCUT2D eigenvalue weighted by atomic mass is 32.2. The van der Waals surface area contributed by atoms with Gasteiger partial charge in [-0.3, -0.25) is 9.36 Å². The minimum Gasteiger partial charge on any atom is -0.459 e. The zero-order valence-corrected chi connectivity index (χ0v) is 24.1. The lowest BCUT2D eigenvalue weighted by Crippen LogP contribution is -2.40. The van der Waals surface area contributed by atoms with Gasteiger partial charge in [-0.2, -0.15) is 13.2 Å². The van der Waals surface area contributed by atoms with E-state index in [1.165, 1.54) is 22.8 Å². The van der Waals surface area contributed by atoms with Gasteiger partial charge in [0.25, 0.3) is 5.56 Å². The Morgan fingerprint density at radius 3 is 2.54 bits per heavy atom. The molecule has 0 saturated heterocycles. The highest BCUT2D eigenvalue weighted by Crippen LogP contribution is 2.34. The number of esters is 1. The first kappa shape index (κ1) is 28.7. The molecule has 0 spiro atoms. The van der Waals surface area contributed by atoms with E-state index in [1.807, 2.05) is 30.5 Å². The van der Waals surface area contributed by atoms with E-state index >= 15 is 0 Å². The summed E-state index contributed by atoms with van der Waals surface area (Å²) < 4.78 is 52.6. The van der Waals surface area contributed by atoms with Gasteiger partial charge in [0.05, 0.1) is 33.5 Å². The Balaban J connectivity index is 1.60. The highest BCUT2D eigenvalue weighted by molar-refractivity contribution is 7.98. The molecule has 0 aliphatic carbocycles. The van der Waals surface area contributed by atoms with E-state index in [-0.39, 0.29) is 28.6 Å². The molecule has 2 aromatic carbocycles. The number of halogens is 3. The van der Waals surface area contributed by atoms with Crippen LogP contribution < -0.4 is 14.9 Å². The van der Waals surface area contributed by atoms with Crippen molar-refractivity contribution in [3.63, 3.8) is 0 Å². The molecule has 1 atom stereocenters. The van der Waals surface area contributed by atoms with Gasteiger partial charge in [-0.15, -0.1) is 11.8 Å². The lowest BCUT2D eigenvalue weighted by molar-refractivity contribution is -0.143. The van der Waals surface area contributed by atoms with Crippen LogP contribution in [-0.4, -0.2) is 22.9 Å². The van der Waals surface area contributed by atoms with Gasteiger partial charge in [-0.1, -0.05) is 35.6 Å². The number of alkyl halides is 3. The van der Waals surface area contributed by atoms with Crippen LogP contribution in [0.3, 0.4) is 0 Å². The van der Waals surface area contributed by atoms with E-state index in [0.29, 0.717) is 20.8 Å². The Morgan fingerprint density at radius 2 is 1.88 bits per heavy atom. The first-order valence-corrected chi connectivity index (χ1v) is 14.7. The fraction of sp³-hybridized carbons (Fsp3) is 0.233. The van der Waals surface area contributed by atoms with E-state index in [2.05, 4.69) is 4.99 Å². The molecule has 0 fully saturated rings. The Bertz CT molecular complexity index is 1830. The number of ether oxygens (including phenoxy) is 1. The second-order valence-electron chi connectivity index (χ2n) is 9.59. The maximum Gasteiger partial charge on any atom is 0.416 e. The van der Waals surface area contributed by atoms with Crippen molar-refractivity contribution >= 4 is 35.1 Å². The molecule has 0 radical (unpaired) electrons. The van der Waals surface area contributed by atoms with Gasteiger partial charge in [-0.25, -0.2) is 9.79 Å². The summed E-state index contributed by atoms with van der Waals surface area (Å²) in [5.74, 6) is -0.0265. The Morgan fingerprint density at radius 1 is 1.15 bits per heavy atom. The van der Waals surface area contributed by atoms with Crippen molar-refractivity contribution in [1.82, 2.24) is 4.57 Å². The fourth-order valence-electron chi connectivity index (χ4n) is 4.53. The average Bonchev–Trinajstić information content (AvgIpc) is 3.51. The maximum absolute atomic E-state index is 13.8. The van der Waals surface area contributed by atoms with Crippen molar-refractivity contribution in [1.29, 1.82) is 0 Å². The summed E-state index contributed by atoms with van der Waals surface area (Å²) in [6, 6.07) is 14.8.